The minimum absolute atomic E-state index is 0.0635. The third-order valence-corrected chi connectivity index (χ3v) is 3.58. The first kappa shape index (κ1) is 11.8. The van der Waals surface area contributed by atoms with Crippen molar-refractivity contribution in [2.24, 2.45) is 0 Å². The van der Waals surface area contributed by atoms with Gasteiger partial charge in [0.05, 0.1) is 11.3 Å². The van der Waals surface area contributed by atoms with Crippen LogP contribution in [0.2, 0.25) is 0 Å². The molecule has 0 fully saturated rings. The molecule has 0 aliphatic heterocycles. The Morgan fingerprint density at radius 1 is 1.37 bits per heavy atom. The lowest BCUT2D eigenvalue weighted by molar-refractivity contribution is 0.0692. The summed E-state index contributed by atoms with van der Waals surface area (Å²) in [6.07, 6.45) is 3.55. The van der Waals surface area contributed by atoms with E-state index in [1.807, 2.05) is 12.1 Å². The maximum atomic E-state index is 13.7. The van der Waals surface area contributed by atoms with E-state index in [4.69, 9.17) is 5.11 Å². The van der Waals surface area contributed by atoms with Gasteiger partial charge in [0.2, 0.25) is 0 Å². The standard InChI is InChI=1S/C15H12FNO2/c16-13-8-10(4-6-12(13)15(18)19)11-5-3-9-2-1-7-17-14(9)11/h1-2,4,6-8,11H,3,5H2,(H,18,19). The maximum absolute atomic E-state index is 13.7. The number of hydrogen-bond acceptors (Lipinski definition) is 2. The molecule has 3 rings (SSSR count). The number of nitrogens with zero attached hydrogens (tertiary/aromatic N) is 1. The molecule has 0 saturated carbocycles. The monoisotopic (exact) mass is 257 g/mol. The van der Waals surface area contributed by atoms with Crippen molar-refractivity contribution in [1.82, 2.24) is 4.98 Å². The molecule has 1 aromatic carbocycles. The number of aryl methyl sites for hydroxylation is 1. The predicted molar refractivity (Wildman–Crippen MR) is 67.8 cm³/mol. The summed E-state index contributed by atoms with van der Waals surface area (Å²) in [5, 5.41) is 8.83. The van der Waals surface area contributed by atoms with Crippen molar-refractivity contribution in [2.45, 2.75) is 18.8 Å². The zero-order valence-electron chi connectivity index (χ0n) is 10.1. The van der Waals surface area contributed by atoms with Crippen LogP contribution in [0.25, 0.3) is 0 Å². The molecule has 0 spiro atoms. The number of fused-ring (bicyclic) bond motifs is 1. The van der Waals surface area contributed by atoms with Gasteiger partial charge in [0.15, 0.2) is 0 Å². The van der Waals surface area contributed by atoms with Crippen LogP contribution in [0, 0.1) is 5.82 Å². The van der Waals surface area contributed by atoms with Gasteiger partial charge in [-0.05, 0) is 42.2 Å². The molecule has 1 unspecified atom stereocenters. The van der Waals surface area contributed by atoms with E-state index in [0.717, 1.165) is 24.1 Å². The zero-order chi connectivity index (χ0) is 13.4. The highest BCUT2D eigenvalue weighted by Gasteiger charge is 2.26. The molecule has 96 valence electrons. The summed E-state index contributed by atoms with van der Waals surface area (Å²) in [5.74, 6) is -1.86. The summed E-state index contributed by atoms with van der Waals surface area (Å²) in [4.78, 5) is 15.2. The van der Waals surface area contributed by atoms with Gasteiger partial charge in [-0.2, -0.15) is 0 Å². The molecule has 1 aromatic heterocycles. The van der Waals surface area contributed by atoms with Gasteiger partial charge in [-0.1, -0.05) is 12.1 Å². The molecule has 4 heteroatoms. The van der Waals surface area contributed by atoms with Crippen molar-refractivity contribution in [3.63, 3.8) is 0 Å². The van der Waals surface area contributed by atoms with Crippen LogP contribution >= 0.6 is 0 Å². The molecule has 0 amide bonds. The average molecular weight is 257 g/mol. The Morgan fingerprint density at radius 2 is 2.21 bits per heavy atom. The largest absolute Gasteiger partial charge is 0.478 e. The molecular weight excluding hydrogens is 245 g/mol. The Labute approximate surface area is 109 Å². The summed E-state index contributed by atoms with van der Waals surface area (Å²) in [5.41, 5.74) is 2.67. The lowest BCUT2D eigenvalue weighted by Gasteiger charge is -2.11. The van der Waals surface area contributed by atoms with Crippen molar-refractivity contribution in [1.29, 1.82) is 0 Å². The number of carbonyl (C=O) groups is 1. The minimum atomic E-state index is -1.24. The molecule has 1 heterocycles. The molecule has 1 aliphatic rings. The Hall–Kier alpha value is -2.23. The molecule has 0 radical (unpaired) electrons. The van der Waals surface area contributed by atoms with Gasteiger partial charge in [0.1, 0.15) is 5.82 Å². The van der Waals surface area contributed by atoms with Crippen LogP contribution in [0.5, 0.6) is 0 Å². The smallest absolute Gasteiger partial charge is 0.338 e. The fourth-order valence-electron chi connectivity index (χ4n) is 2.66. The van der Waals surface area contributed by atoms with Crippen molar-refractivity contribution in [2.75, 3.05) is 0 Å². The van der Waals surface area contributed by atoms with Gasteiger partial charge >= 0.3 is 5.97 Å². The Balaban J connectivity index is 2.01. The number of rotatable bonds is 2. The van der Waals surface area contributed by atoms with Crippen LogP contribution < -0.4 is 0 Å². The molecule has 3 nitrogen and oxygen atoms in total. The number of halogens is 1. The van der Waals surface area contributed by atoms with Gasteiger partial charge in [0.25, 0.3) is 0 Å². The minimum Gasteiger partial charge on any atom is -0.478 e. The van der Waals surface area contributed by atoms with Crippen LogP contribution in [-0.2, 0) is 6.42 Å². The van der Waals surface area contributed by atoms with E-state index >= 15 is 0 Å². The van der Waals surface area contributed by atoms with E-state index in [1.54, 1.807) is 12.3 Å². The van der Waals surface area contributed by atoms with Crippen molar-refractivity contribution >= 4 is 5.97 Å². The number of aromatic nitrogens is 1. The number of aromatic carboxylic acids is 1. The topological polar surface area (TPSA) is 50.2 Å². The second kappa shape index (κ2) is 4.46. The van der Waals surface area contributed by atoms with E-state index < -0.39 is 11.8 Å². The SMILES string of the molecule is O=C(O)c1ccc(C2CCc3cccnc32)cc1F. The maximum Gasteiger partial charge on any atom is 0.338 e. The normalized spacial score (nSPS) is 17.2. The molecule has 1 aliphatic carbocycles. The Morgan fingerprint density at radius 3 is 2.95 bits per heavy atom. The van der Waals surface area contributed by atoms with E-state index in [-0.39, 0.29) is 11.5 Å². The summed E-state index contributed by atoms with van der Waals surface area (Å²) in [7, 11) is 0. The highest BCUT2D eigenvalue weighted by atomic mass is 19.1. The van der Waals surface area contributed by atoms with Crippen LogP contribution in [-0.4, -0.2) is 16.1 Å². The number of pyridine rings is 1. The zero-order valence-corrected chi connectivity index (χ0v) is 10.1. The molecule has 0 bridgehead atoms. The third-order valence-electron chi connectivity index (χ3n) is 3.58. The fraction of sp³-hybridized carbons (Fsp3) is 0.200. The number of carboxylic acids is 1. The van der Waals surface area contributed by atoms with E-state index in [1.165, 1.54) is 17.7 Å². The average Bonchev–Trinajstić information content (AvgIpc) is 2.82. The fourth-order valence-corrected chi connectivity index (χ4v) is 2.66. The molecule has 0 saturated heterocycles. The molecular formula is C15H12FNO2. The van der Waals surface area contributed by atoms with Crippen molar-refractivity contribution in [3.05, 3.63) is 64.7 Å². The summed E-state index contributed by atoms with van der Waals surface area (Å²) < 4.78 is 13.7. The van der Waals surface area contributed by atoms with Gasteiger partial charge < -0.3 is 5.11 Å². The lowest BCUT2D eigenvalue weighted by atomic mass is 9.95. The van der Waals surface area contributed by atoms with E-state index in [0.29, 0.717) is 0 Å². The lowest BCUT2D eigenvalue weighted by Crippen LogP contribution is -2.04. The summed E-state index contributed by atoms with van der Waals surface area (Å²) >= 11 is 0. The number of hydrogen-bond donors (Lipinski definition) is 1. The van der Waals surface area contributed by atoms with Gasteiger partial charge in [0, 0.05) is 12.1 Å². The second-order valence-corrected chi connectivity index (χ2v) is 4.68. The van der Waals surface area contributed by atoms with Crippen LogP contribution in [0.1, 0.15) is 39.5 Å². The summed E-state index contributed by atoms with van der Waals surface area (Å²) in [6.45, 7) is 0. The third kappa shape index (κ3) is 1.99. The van der Waals surface area contributed by atoms with E-state index in [2.05, 4.69) is 4.98 Å². The Kier molecular flexibility index (Phi) is 2.78. The van der Waals surface area contributed by atoms with E-state index in [9.17, 15) is 9.18 Å². The second-order valence-electron chi connectivity index (χ2n) is 4.68. The Bertz CT molecular complexity index is 654. The number of benzene rings is 1. The summed E-state index contributed by atoms with van der Waals surface area (Å²) in [6, 6.07) is 8.26. The van der Waals surface area contributed by atoms with Crippen LogP contribution in [0.15, 0.2) is 36.5 Å². The number of carboxylic acid groups (broad SMARTS) is 1. The first-order valence-electron chi connectivity index (χ1n) is 6.13. The van der Waals surface area contributed by atoms with Crippen LogP contribution in [0.3, 0.4) is 0 Å². The first-order valence-corrected chi connectivity index (χ1v) is 6.13. The highest BCUT2D eigenvalue weighted by Crippen LogP contribution is 2.36. The predicted octanol–water partition coefficient (Wildman–Crippen LogP) is 3.00. The van der Waals surface area contributed by atoms with Crippen molar-refractivity contribution in [3.8, 4) is 0 Å². The van der Waals surface area contributed by atoms with Gasteiger partial charge in [-0.25, -0.2) is 9.18 Å². The first-order chi connectivity index (χ1) is 9.16. The van der Waals surface area contributed by atoms with Crippen LogP contribution in [0.4, 0.5) is 4.39 Å². The van der Waals surface area contributed by atoms with Gasteiger partial charge in [-0.3, -0.25) is 4.98 Å². The van der Waals surface area contributed by atoms with Crippen molar-refractivity contribution < 1.29 is 14.3 Å². The van der Waals surface area contributed by atoms with Gasteiger partial charge in [-0.15, -0.1) is 0 Å². The quantitative estimate of drug-likeness (QED) is 0.899. The highest BCUT2D eigenvalue weighted by molar-refractivity contribution is 5.87. The molecule has 19 heavy (non-hydrogen) atoms. The molecule has 1 atom stereocenters. The molecule has 2 aromatic rings. The molecule has 1 N–H and O–H groups in total.